The van der Waals surface area contributed by atoms with E-state index in [1.165, 1.54) is 25.7 Å². The highest BCUT2D eigenvalue weighted by Crippen LogP contribution is 2.32. The maximum Gasteiger partial charge on any atom is 0.163 e. The predicted molar refractivity (Wildman–Crippen MR) is 77.7 cm³/mol. The van der Waals surface area contributed by atoms with Gasteiger partial charge in [0, 0.05) is 32.2 Å². The average molecular weight is 272 g/mol. The van der Waals surface area contributed by atoms with Crippen molar-refractivity contribution in [3.8, 4) is 0 Å². The SMILES string of the molecule is CN(c1ncnc2c1cnn2C)C1CC2CCC(C1)N2. The van der Waals surface area contributed by atoms with Crippen molar-refractivity contribution >= 4 is 16.9 Å². The van der Waals surface area contributed by atoms with Crippen LogP contribution in [-0.2, 0) is 7.05 Å². The number of nitrogens with zero attached hydrogens (tertiary/aromatic N) is 5. The molecular formula is C14H20N6. The van der Waals surface area contributed by atoms with Gasteiger partial charge >= 0.3 is 0 Å². The van der Waals surface area contributed by atoms with Crippen LogP contribution in [0, 0.1) is 0 Å². The van der Waals surface area contributed by atoms with Crippen LogP contribution in [0.2, 0.25) is 0 Å². The highest BCUT2D eigenvalue weighted by atomic mass is 15.3. The Morgan fingerprint density at radius 1 is 1.25 bits per heavy atom. The third kappa shape index (κ3) is 1.78. The van der Waals surface area contributed by atoms with Gasteiger partial charge in [0.05, 0.1) is 11.6 Å². The summed E-state index contributed by atoms with van der Waals surface area (Å²) < 4.78 is 1.81. The summed E-state index contributed by atoms with van der Waals surface area (Å²) in [5.41, 5.74) is 0.902. The van der Waals surface area contributed by atoms with Crippen molar-refractivity contribution in [2.24, 2.45) is 7.05 Å². The monoisotopic (exact) mass is 272 g/mol. The molecule has 1 N–H and O–H groups in total. The fraction of sp³-hybridized carbons (Fsp3) is 0.643. The molecule has 106 valence electrons. The lowest BCUT2D eigenvalue weighted by molar-refractivity contribution is 0.354. The van der Waals surface area contributed by atoms with Crippen LogP contribution in [0.15, 0.2) is 12.5 Å². The number of hydrogen-bond acceptors (Lipinski definition) is 5. The fourth-order valence-electron chi connectivity index (χ4n) is 3.75. The maximum absolute atomic E-state index is 4.51. The molecule has 20 heavy (non-hydrogen) atoms. The fourth-order valence-corrected chi connectivity index (χ4v) is 3.75. The first-order chi connectivity index (χ1) is 9.72. The maximum atomic E-state index is 4.51. The summed E-state index contributed by atoms with van der Waals surface area (Å²) in [5, 5.41) is 9.04. The minimum Gasteiger partial charge on any atom is -0.356 e. The van der Waals surface area contributed by atoms with Crippen molar-refractivity contribution in [3.63, 3.8) is 0 Å². The number of anilines is 1. The van der Waals surface area contributed by atoms with Crippen molar-refractivity contribution < 1.29 is 0 Å². The van der Waals surface area contributed by atoms with Crippen LogP contribution >= 0.6 is 0 Å². The number of piperidine rings is 1. The second kappa shape index (κ2) is 4.41. The van der Waals surface area contributed by atoms with Gasteiger partial charge in [-0.3, -0.25) is 4.68 Å². The molecule has 2 aromatic rings. The van der Waals surface area contributed by atoms with Crippen molar-refractivity contribution in [3.05, 3.63) is 12.5 Å². The molecule has 2 bridgehead atoms. The Hall–Kier alpha value is -1.69. The number of aryl methyl sites for hydroxylation is 1. The van der Waals surface area contributed by atoms with Crippen molar-refractivity contribution in [2.75, 3.05) is 11.9 Å². The molecule has 2 fully saturated rings. The third-order valence-corrected chi connectivity index (χ3v) is 4.84. The highest BCUT2D eigenvalue weighted by Gasteiger charge is 2.35. The lowest BCUT2D eigenvalue weighted by Crippen LogP contribution is -2.47. The smallest absolute Gasteiger partial charge is 0.163 e. The van der Waals surface area contributed by atoms with Crippen LogP contribution in [0.3, 0.4) is 0 Å². The van der Waals surface area contributed by atoms with E-state index in [4.69, 9.17) is 0 Å². The van der Waals surface area contributed by atoms with Gasteiger partial charge in [-0.25, -0.2) is 9.97 Å². The van der Waals surface area contributed by atoms with E-state index in [9.17, 15) is 0 Å². The zero-order valence-corrected chi connectivity index (χ0v) is 12.0. The van der Waals surface area contributed by atoms with Gasteiger partial charge < -0.3 is 10.2 Å². The van der Waals surface area contributed by atoms with Gasteiger partial charge in [0.15, 0.2) is 5.65 Å². The normalized spacial score (nSPS) is 29.0. The molecule has 0 radical (unpaired) electrons. The number of nitrogens with one attached hydrogen (secondary N) is 1. The lowest BCUT2D eigenvalue weighted by atomic mass is 9.98. The summed E-state index contributed by atoms with van der Waals surface area (Å²) in [6, 6.07) is 1.94. The average Bonchev–Trinajstić information content (AvgIpc) is 3.01. The molecule has 2 atom stereocenters. The second-order valence-electron chi connectivity index (χ2n) is 6.08. The number of fused-ring (bicyclic) bond motifs is 3. The van der Waals surface area contributed by atoms with Gasteiger partial charge in [0.1, 0.15) is 12.1 Å². The molecule has 2 saturated heterocycles. The molecule has 4 heterocycles. The minimum absolute atomic E-state index is 0.562. The lowest BCUT2D eigenvalue weighted by Gasteiger charge is -2.36. The number of rotatable bonds is 2. The Morgan fingerprint density at radius 3 is 2.75 bits per heavy atom. The molecule has 4 rings (SSSR count). The molecule has 0 aliphatic carbocycles. The Labute approximate surface area is 118 Å². The summed E-state index contributed by atoms with van der Waals surface area (Å²) in [6.07, 6.45) is 8.57. The number of hydrogen-bond donors (Lipinski definition) is 1. The molecule has 0 saturated carbocycles. The van der Waals surface area contributed by atoms with Gasteiger partial charge in [-0.1, -0.05) is 0 Å². The highest BCUT2D eigenvalue weighted by molar-refractivity contribution is 5.86. The summed E-state index contributed by atoms with van der Waals surface area (Å²) >= 11 is 0. The molecular weight excluding hydrogens is 252 g/mol. The summed E-state index contributed by atoms with van der Waals surface area (Å²) in [4.78, 5) is 11.2. The van der Waals surface area contributed by atoms with E-state index in [0.717, 1.165) is 16.9 Å². The van der Waals surface area contributed by atoms with E-state index in [1.807, 2.05) is 13.2 Å². The third-order valence-electron chi connectivity index (χ3n) is 4.84. The molecule has 0 spiro atoms. The van der Waals surface area contributed by atoms with Gasteiger partial charge in [-0.2, -0.15) is 5.10 Å². The van der Waals surface area contributed by atoms with E-state index < -0.39 is 0 Å². The molecule has 2 aromatic heterocycles. The Bertz CT molecular complexity index is 624. The standard InChI is InChI=1S/C14H20N6/c1-19(11-5-9-3-4-10(6-11)18-9)13-12-7-17-20(2)14(12)16-8-15-13/h7-11,18H,3-6H2,1-2H3. The van der Waals surface area contributed by atoms with Gasteiger partial charge in [-0.15, -0.1) is 0 Å². The number of aromatic nitrogens is 4. The topological polar surface area (TPSA) is 58.9 Å². The molecule has 6 heteroatoms. The summed E-state index contributed by atoms with van der Waals surface area (Å²) in [5.74, 6) is 1.01. The van der Waals surface area contributed by atoms with E-state index in [0.29, 0.717) is 18.1 Å². The van der Waals surface area contributed by atoms with Crippen molar-refractivity contribution in [1.82, 2.24) is 25.1 Å². The second-order valence-corrected chi connectivity index (χ2v) is 6.08. The van der Waals surface area contributed by atoms with Crippen LogP contribution in [0.1, 0.15) is 25.7 Å². The van der Waals surface area contributed by atoms with Gasteiger partial charge in [-0.05, 0) is 25.7 Å². The first kappa shape index (κ1) is 12.1. The molecule has 6 nitrogen and oxygen atoms in total. The first-order valence-corrected chi connectivity index (χ1v) is 7.34. The molecule has 2 unspecified atom stereocenters. The van der Waals surface area contributed by atoms with E-state index in [-0.39, 0.29) is 0 Å². The zero-order valence-electron chi connectivity index (χ0n) is 12.0. The Kier molecular flexibility index (Phi) is 2.66. The van der Waals surface area contributed by atoms with Crippen LogP contribution in [-0.4, -0.2) is 44.9 Å². The van der Waals surface area contributed by atoms with Gasteiger partial charge in [0.2, 0.25) is 0 Å². The van der Waals surface area contributed by atoms with Crippen LogP contribution < -0.4 is 10.2 Å². The summed E-state index contributed by atoms with van der Waals surface area (Å²) in [6.45, 7) is 0. The van der Waals surface area contributed by atoms with E-state index in [1.54, 1.807) is 11.0 Å². The molecule has 0 amide bonds. The Morgan fingerprint density at radius 2 is 2.00 bits per heavy atom. The Balaban J connectivity index is 1.68. The quantitative estimate of drug-likeness (QED) is 0.886. The van der Waals surface area contributed by atoms with E-state index in [2.05, 4.69) is 32.3 Å². The van der Waals surface area contributed by atoms with Crippen LogP contribution in [0.4, 0.5) is 5.82 Å². The van der Waals surface area contributed by atoms with Gasteiger partial charge in [0.25, 0.3) is 0 Å². The molecule has 2 aliphatic heterocycles. The molecule has 0 aromatic carbocycles. The largest absolute Gasteiger partial charge is 0.356 e. The van der Waals surface area contributed by atoms with Crippen LogP contribution in [0.5, 0.6) is 0 Å². The van der Waals surface area contributed by atoms with Crippen molar-refractivity contribution in [2.45, 2.75) is 43.8 Å². The predicted octanol–water partition coefficient (Wildman–Crippen LogP) is 1.08. The van der Waals surface area contributed by atoms with Crippen LogP contribution in [0.25, 0.3) is 11.0 Å². The zero-order chi connectivity index (χ0) is 13.7. The summed E-state index contributed by atoms with van der Waals surface area (Å²) in [7, 11) is 4.08. The molecule has 2 aliphatic rings. The minimum atomic E-state index is 0.562. The van der Waals surface area contributed by atoms with E-state index >= 15 is 0 Å². The first-order valence-electron chi connectivity index (χ1n) is 7.34. The van der Waals surface area contributed by atoms with Crippen molar-refractivity contribution in [1.29, 1.82) is 0 Å².